The largest absolute Gasteiger partial charge is 0.493 e. The molecule has 0 N–H and O–H groups in total. The van der Waals surface area contributed by atoms with E-state index in [1.54, 1.807) is 16.9 Å². The molecule has 0 unspecified atom stereocenters. The summed E-state index contributed by atoms with van der Waals surface area (Å²) in [6, 6.07) is 58.9. The van der Waals surface area contributed by atoms with Gasteiger partial charge in [-0.25, -0.2) is 19.4 Å². The van der Waals surface area contributed by atoms with Crippen LogP contribution in [0.3, 0.4) is 0 Å². The molecule has 12 bridgehead atoms. The zero-order valence-electron chi connectivity index (χ0n) is 41.1. The Bertz CT molecular complexity index is 3300. The fraction of sp³-hybridized carbons (Fsp3) is 0.131. The first-order chi connectivity index (χ1) is 36.0. The maximum atomic E-state index is 11.9. The van der Waals surface area contributed by atoms with E-state index < -0.39 is 17.9 Å². The Kier molecular flexibility index (Phi) is 15.2. The minimum Gasteiger partial charge on any atom is -0.493 e. The molecule has 0 radical (unpaired) electrons. The van der Waals surface area contributed by atoms with E-state index in [1.807, 2.05) is 0 Å². The highest BCUT2D eigenvalue weighted by Crippen LogP contribution is 2.32. The molecule has 10 heterocycles. The number of aryl methyl sites for hydroxylation is 1. The van der Waals surface area contributed by atoms with Crippen molar-refractivity contribution in [2.24, 2.45) is 0 Å². The Labute approximate surface area is 427 Å². The smallest absolute Gasteiger partial charge is 0.338 e. The highest BCUT2D eigenvalue weighted by Gasteiger charge is 2.16. The van der Waals surface area contributed by atoms with E-state index in [4.69, 9.17) is 28.7 Å². The molecule has 368 valence electrons. The number of benzene rings is 7. The van der Waals surface area contributed by atoms with Gasteiger partial charge in [0.15, 0.2) is 5.78 Å². The summed E-state index contributed by atoms with van der Waals surface area (Å²) in [6.07, 6.45) is 2.25. The highest BCUT2D eigenvalue weighted by atomic mass is 16.5. The van der Waals surface area contributed by atoms with Gasteiger partial charge in [0.05, 0.1) is 62.2 Å². The second kappa shape index (κ2) is 22.7. The predicted octanol–water partition coefficient (Wildman–Crippen LogP) is 12.3. The minimum atomic E-state index is -0.622. The minimum absolute atomic E-state index is 0.0376. The molecule has 74 heavy (non-hydrogen) atoms. The Balaban J connectivity index is 0.000000182. The number of hydrogen-bond acceptors (Lipinski definition) is 12. The maximum Gasteiger partial charge on any atom is 0.338 e. The van der Waals surface area contributed by atoms with Crippen LogP contribution in [0.1, 0.15) is 60.5 Å². The van der Waals surface area contributed by atoms with E-state index in [9.17, 15) is 19.2 Å². The van der Waals surface area contributed by atoms with Gasteiger partial charge in [-0.3, -0.25) is 9.48 Å². The third-order valence-corrected chi connectivity index (χ3v) is 12.4. The number of aromatic nitrogens is 4. The Morgan fingerprint density at radius 1 is 0.446 bits per heavy atom. The number of hydrogen-bond donors (Lipinski definition) is 0. The third-order valence-electron chi connectivity index (χ3n) is 12.4. The molecule has 9 aromatic rings. The monoisotopic (exact) mass is 982 g/mol. The van der Waals surface area contributed by atoms with Crippen LogP contribution >= 0.6 is 0 Å². The average molecular weight is 983 g/mol. The summed E-state index contributed by atoms with van der Waals surface area (Å²) in [7, 11) is 3.74. The lowest BCUT2D eigenvalue weighted by molar-refractivity contribution is 0.0586. The Hall–Kier alpha value is -9.49. The van der Waals surface area contributed by atoms with Gasteiger partial charge in [-0.15, -0.1) is 5.10 Å². The van der Waals surface area contributed by atoms with Gasteiger partial charge in [-0.1, -0.05) is 133 Å². The number of nitrogens with zero attached hydrogens (tertiary/aromatic N) is 4. The first kappa shape index (κ1) is 49.5. The molecule has 0 spiro atoms. The molecule has 8 aliphatic rings. The zero-order valence-corrected chi connectivity index (χ0v) is 41.1. The van der Waals surface area contributed by atoms with Crippen molar-refractivity contribution >= 4 is 23.7 Å². The number of ketones is 1. The van der Waals surface area contributed by atoms with Crippen LogP contribution in [0, 0.1) is 0 Å². The van der Waals surface area contributed by atoms with E-state index in [2.05, 4.69) is 150 Å². The number of carbonyl (C=O) groups excluding carboxylic acids is 4. The van der Waals surface area contributed by atoms with Crippen LogP contribution in [-0.2, 0) is 27.4 Å². The van der Waals surface area contributed by atoms with Crippen LogP contribution in [0.15, 0.2) is 182 Å². The average Bonchev–Trinajstić information content (AvgIpc) is 3.92. The number of carbonyl (C=O) groups is 4. The second-order valence-electron chi connectivity index (χ2n) is 17.3. The number of rotatable bonds is 12. The fourth-order valence-corrected chi connectivity index (χ4v) is 8.35. The number of ether oxygens (including phenoxy) is 5. The normalized spacial score (nSPS) is 10.9. The van der Waals surface area contributed by atoms with E-state index in [0.29, 0.717) is 36.6 Å². The molecule has 13 nitrogen and oxygen atoms in total. The summed E-state index contributed by atoms with van der Waals surface area (Å²) in [5.74, 6) is -1.36. The fourth-order valence-electron chi connectivity index (χ4n) is 8.35. The topological polar surface area (TPSA) is 158 Å². The first-order valence-electron chi connectivity index (χ1n) is 23.7. The van der Waals surface area contributed by atoms with Gasteiger partial charge in [0.25, 0.3) is 0 Å². The van der Waals surface area contributed by atoms with E-state index in [-0.39, 0.29) is 34.8 Å². The third kappa shape index (κ3) is 11.8. The van der Waals surface area contributed by atoms with Crippen molar-refractivity contribution < 1.29 is 42.9 Å². The van der Waals surface area contributed by atoms with E-state index in [1.165, 1.54) is 103 Å². The van der Waals surface area contributed by atoms with Crippen LogP contribution in [0.4, 0.5) is 0 Å². The number of fused-ring (bicyclic) bond motifs is 1. The molecule has 17 rings (SSSR count). The molecule has 8 aliphatic heterocycles. The van der Waals surface area contributed by atoms with Gasteiger partial charge in [0.1, 0.15) is 23.8 Å². The molecule has 0 saturated carbocycles. The summed E-state index contributed by atoms with van der Waals surface area (Å²) in [6.45, 7) is 2.22. The summed E-state index contributed by atoms with van der Waals surface area (Å²) in [5, 5.41) is 8.12. The van der Waals surface area contributed by atoms with Crippen LogP contribution in [0.2, 0.25) is 0 Å². The highest BCUT2D eigenvalue weighted by molar-refractivity contribution is 5.99. The quantitative estimate of drug-likeness (QED) is 0.0494. The van der Waals surface area contributed by atoms with Crippen molar-refractivity contribution in [1.29, 1.82) is 0 Å². The van der Waals surface area contributed by atoms with Crippen molar-refractivity contribution in [3.8, 4) is 78.5 Å². The number of methoxy groups -OCH3 is 3. The number of Topliss-reactive ketones (excluding diaryl/α,β-unsaturated/α-hetero) is 1. The molecule has 0 amide bonds. The van der Waals surface area contributed by atoms with Crippen molar-refractivity contribution in [2.75, 3.05) is 27.9 Å². The van der Waals surface area contributed by atoms with Gasteiger partial charge in [-0.2, -0.15) is 0 Å². The number of pyridine rings is 1. The second-order valence-corrected chi connectivity index (χ2v) is 17.3. The summed E-state index contributed by atoms with van der Waals surface area (Å²) >= 11 is 0. The molecule has 7 aromatic carbocycles. The lowest BCUT2D eigenvalue weighted by atomic mass is 9.96. The Morgan fingerprint density at radius 3 is 1.18 bits per heavy atom. The first-order valence-corrected chi connectivity index (χ1v) is 23.7. The van der Waals surface area contributed by atoms with E-state index >= 15 is 0 Å². The molecule has 0 atom stereocenters. The van der Waals surface area contributed by atoms with Gasteiger partial charge in [0, 0.05) is 29.7 Å². The van der Waals surface area contributed by atoms with E-state index in [0.717, 1.165) is 22.5 Å². The van der Waals surface area contributed by atoms with Crippen molar-refractivity contribution in [3.05, 3.63) is 210 Å². The van der Waals surface area contributed by atoms with Crippen LogP contribution < -0.4 is 9.47 Å². The van der Waals surface area contributed by atoms with Gasteiger partial charge >= 0.3 is 17.9 Å². The molecular weight excluding hydrogens is 933 g/mol. The van der Waals surface area contributed by atoms with Gasteiger partial charge in [-0.05, 0) is 100.0 Å². The number of esters is 3. The lowest BCUT2D eigenvalue weighted by Crippen LogP contribution is -2.08. The van der Waals surface area contributed by atoms with Crippen LogP contribution in [0.25, 0.3) is 67.0 Å². The van der Waals surface area contributed by atoms with Crippen molar-refractivity contribution in [3.63, 3.8) is 0 Å². The lowest BCUT2D eigenvalue weighted by Gasteiger charge is -2.09. The van der Waals surface area contributed by atoms with Crippen molar-refractivity contribution in [2.45, 2.75) is 26.5 Å². The molecule has 0 saturated heterocycles. The molecular formula is C61H50N4O9. The van der Waals surface area contributed by atoms with Gasteiger partial charge in [0.2, 0.25) is 0 Å². The summed E-state index contributed by atoms with van der Waals surface area (Å²) in [4.78, 5) is 52.5. The van der Waals surface area contributed by atoms with Gasteiger partial charge < -0.3 is 23.7 Å². The molecule has 0 aliphatic carbocycles. The van der Waals surface area contributed by atoms with Crippen LogP contribution in [0.5, 0.6) is 11.5 Å². The SMILES string of the molecule is COC(=O)c1cc(OCCCn2cc(COc3cc(C(=O)OC)cc(C(=O)OC)c3)nn2)cc(C(C)=O)c1.c1cc2nc(c1)-c1ccc(cc1)-c1ccc(cc1)-c1ccc(cc1)-c1ccc(cc1)-c1ccc-2cc1. The zero-order chi connectivity index (χ0) is 51.6. The molecule has 13 heteroatoms. The Morgan fingerprint density at radius 2 is 0.797 bits per heavy atom. The van der Waals surface area contributed by atoms with Crippen molar-refractivity contribution in [1.82, 2.24) is 20.0 Å². The predicted molar refractivity (Wildman–Crippen MR) is 282 cm³/mol. The summed E-state index contributed by atoms with van der Waals surface area (Å²) in [5.41, 5.74) is 15.3. The standard InChI is InChI=1S/C35H23N.C26H27N3O9/c1-2-34-32-20-16-30(17-21-32)28-12-8-26(9-13-28)24-4-6-25(7-5-24)27-10-14-29(15-11-27)31-18-22-33(23-19-31)35(3-1)36-34;1-16(30)17-8-18(24(31)34-2)11-22(10-17)37-7-5-6-29-14-21(27-28-29)15-38-23-12-19(25(32)35-3)9-20(13-23)26(33)36-4/h1-23H;8-14H,5-7,15H2,1-4H3. The van der Waals surface area contributed by atoms with Crippen LogP contribution in [-0.4, -0.2) is 71.6 Å². The summed E-state index contributed by atoms with van der Waals surface area (Å²) < 4.78 is 27.2. The maximum absolute atomic E-state index is 11.9. The molecule has 0 fully saturated rings. The molecule has 2 aromatic heterocycles.